The third kappa shape index (κ3) is 4.10. The van der Waals surface area contributed by atoms with Crippen LogP contribution in [0.4, 0.5) is 11.4 Å². The molecule has 0 spiro atoms. The molecule has 3 aromatic rings. The van der Waals surface area contributed by atoms with E-state index in [1.165, 1.54) is 30.6 Å². The van der Waals surface area contributed by atoms with Crippen molar-refractivity contribution in [3.63, 3.8) is 0 Å². The van der Waals surface area contributed by atoms with E-state index in [2.05, 4.69) is 15.3 Å². The zero-order chi connectivity index (χ0) is 19.6. The zero-order valence-corrected chi connectivity index (χ0v) is 14.7. The molecule has 3 rings (SSSR count). The highest BCUT2D eigenvalue weighted by atomic mass is 32.2. The van der Waals surface area contributed by atoms with Gasteiger partial charge in [0.25, 0.3) is 11.2 Å². The van der Waals surface area contributed by atoms with E-state index in [1.54, 1.807) is 12.1 Å². The first-order valence-corrected chi connectivity index (χ1v) is 9.32. The maximum absolute atomic E-state index is 11.8. The fourth-order valence-electron chi connectivity index (χ4n) is 2.58. The van der Waals surface area contributed by atoms with E-state index in [9.17, 15) is 23.3 Å². The molecule has 1 aromatic heterocycles. The normalized spacial score (nSPS) is 11.4. The van der Waals surface area contributed by atoms with E-state index in [-0.39, 0.29) is 21.7 Å². The number of hydrogen-bond acceptors (Lipinski definition) is 7. The maximum atomic E-state index is 11.8. The van der Waals surface area contributed by atoms with Crippen LogP contribution >= 0.6 is 0 Å². The van der Waals surface area contributed by atoms with Gasteiger partial charge in [-0.15, -0.1) is 0 Å². The molecule has 4 N–H and O–H groups in total. The number of nitro benzene ring substituents is 1. The van der Waals surface area contributed by atoms with Gasteiger partial charge in [-0.3, -0.25) is 14.9 Å². The molecule has 0 bridgehead atoms. The second kappa shape index (κ2) is 7.13. The van der Waals surface area contributed by atoms with Crippen LogP contribution in [0.1, 0.15) is 5.56 Å². The minimum Gasteiger partial charge on any atom is -0.379 e. The molecule has 0 unspecified atom stereocenters. The number of rotatable bonds is 6. The van der Waals surface area contributed by atoms with Gasteiger partial charge in [0, 0.05) is 12.6 Å². The van der Waals surface area contributed by atoms with Crippen molar-refractivity contribution in [3.05, 3.63) is 68.8 Å². The van der Waals surface area contributed by atoms with Gasteiger partial charge in [-0.2, -0.15) is 0 Å². The fraction of sp³-hybridized carbons (Fsp3) is 0.125. The molecule has 2 aromatic carbocycles. The number of anilines is 1. The highest BCUT2D eigenvalue weighted by molar-refractivity contribution is 7.89. The number of aromatic nitrogens is 2. The summed E-state index contributed by atoms with van der Waals surface area (Å²) in [4.78, 5) is 28.9. The largest absolute Gasteiger partial charge is 0.379 e. The smallest absolute Gasteiger partial charge is 0.293 e. The number of nitrogens with one attached hydrogen (secondary N) is 2. The average Bonchev–Trinajstić information content (AvgIpc) is 2.61. The van der Waals surface area contributed by atoms with Crippen molar-refractivity contribution in [2.24, 2.45) is 5.14 Å². The molecule has 1 heterocycles. The van der Waals surface area contributed by atoms with Gasteiger partial charge in [0.1, 0.15) is 5.69 Å². The second-order valence-electron chi connectivity index (χ2n) is 5.74. The molecule has 0 saturated heterocycles. The number of nitrogens with zero attached hydrogens (tertiary/aromatic N) is 2. The lowest BCUT2D eigenvalue weighted by molar-refractivity contribution is -0.383. The molecule has 0 radical (unpaired) electrons. The quantitative estimate of drug-likeness (QED) is 0.420. The summed E-state index contributed by atoms with van der Waals surface area (Å²) < 4.78 is 22.5. The molecule has 11 heteroatoms. The molecule has 0 amide bonds. The number of primary sulfonamides is 1. The van der Waals surface area contributed by atoms with Crippen LogP contribution in [0.3, 0.4) is 0 Å². The predicted molar refractivity (Wildman–Crippen MR) is 99.0 cm³/mol. The van der Waals surface area contributed by atoms with E-state index in [4.69, 9.17) is 5.14 Å². The molecule has 140 valence electrons. The number of aromatic amines is 1. The van der Waals surface area contributed by atoms with E-state index in [1.807, 2.05) is 0 Å². The highest BCUT2D eigenvalue weighted by Gasteiger charge is 2.17. The SMILES string of the molecule is NS(=O)(=O)c1ccc(CCNc2cc3nc[nH]c(=O)c3cc2[N+](=O)[O-])cc1. The molecule has 0 fully saturated rings. The first kappa shape index (κ1) is 18.5. The highest BCUT2D eigenvalue weighted by Crippen LogP contribution is 2.27. The minimum atomic E-state index is -3.75. The van der Waals surface area contributed by atoms with Crippen LogP contribution in [0.2, 0.25) is 0 Å². The first-order valence-electron chi connectivity index (χ1n) is 7.77. The summed E-state index contributed by atoms with van der Waals surface area (Å²) in [6.45, 7) is 0.351. The molecule has 0 saturated carbocycles. The van der Waals surface area contributed by atoms with Crippen molar-refractivity contribution in [1.29, 1.82) is 0 Å². The fourth-order valence-corrected chi connectivity index (χ4v) is 3.10. The number of nitrogens with two attached hydrogens (primary N) is 1. The Balaban J connectivity index is 1.79. The maximum Gasteiger partial charge on any atom is 0.293 e. The Hall–Kier alpha value is -3.31. The Morgan fingerprint density at radius 1 is 1.22 bits per heavy atom. The lowest BCUT2D eigenvalue weighted by Crippen LogP contribution is -2.12. The first-order chi connectivity index (χ1) is 12.8. The third-order valence-corrected chi connectivity index (χ3v) is 4.86. The van der Waals surface area contributed by atoms with Gasteiger partial charge in [0.05, 0.1) is 27.0 Å². The lowest BCUT2D eigenvalue weighted by Gasteiger charge is -2.08. The Bertz CT molecular complexity index is 1170. The van der Waals surface area contributed by atoms with Crippen LogP contribution in [0.25, 0.3) is 10.9 Å². The van der Waals surface area contributed by atoms with Gasteiger partial charge >= 0.3 is 0 Å². The predicted octanol–water partition coefficient (Wildman–Crippen LogP) is 1.13. The van der Waals surface area contributed by atoms with Crippen LogP contribution in [-0.2, 0) is 16.4 Å². The van der Waals surface area contributed by atoms with Gasteiger partial charge in [0.2, 0.25) is 10.0 Å². The third-order valence-electron chi connectivity index (χ3n) is 3.94. The number of nitro groups is 1. The number of sulfonamides is 1. The molecule has 0 aliphatic rings. The Kier molecular flexibility index (Phi) is 4.88. The van der Waals surface area contributed by atoms with Crippen LogP contribution in [0, 0.1) is 10.1 Å². The van der Waals surface area contributed by atoms with E-state index < -0.39 is 20.5 Å². The summed E-state index contributed by atoms with van der Waals surface area (Å²) in [5.74, 6) is 0. The average molecular weight is 389 g/mol. The number of fused-ring (bicyclic) bond motifs is 1. The van der Waals surface area contributed by atoms with E-state index >= 15 is 0 Å². The van der Waals surface area contributed by atoms with Gasteiger partial charge in [-0.1, -0.05) is 12.1 Å². The number of hydrogen-bond donors (Lipinski definition) is 3. The van der Waals surface area contributed by atoms with E-state index in [0.29, 0.717) is 18.5 Å². The summed E-state index contributed by atoms with van der Waals surface area (Å²) >= 11 is 0. The van der Waals surface area contributed by atoms with Crippen LogP contribution in [0.5, 0.6) is 0 Å². The molecule has 0 aliphatic heterocycles. The van der Waals surface area contributed by atoms with Gasteiger partial charge in [0.15, 0.2) is 0 Å². The number of benzene rings is 2. The summed E-state index contributed by atoms with van der Waals surface area (Å²) in [5, 5.41) is 19.5. The zero-order valence-electron chi connectivity index (χ0n) is 13.9. The van der Waals surface area contributed by atoms with Crippen molar-refractivity contribution in [1.82, 2.24) is 9.97 Å². The van der Waals surface area contributed by atoms with Crippen molar-refractivity contribution in [3.8, 4) is 0 Å². The summed E-state index contributed by atoms with van der Waals surface area (Å²) in [5.41, 5.74) is 0.721. The Morgan fingerprint density at radius 3 is 2.56 bits per heavy atom. The van der Waals surface area contributed by atoms with Crippen molar-refractivity contribution < 1.29 is 13.3 Å². The Morgan fingerprint density at radius 2 is 1.93 bits per heavy atom. The minimum absolute atomic E-state index is 0.0145. The topological polar surface area (TPSA) is 161 Å². The molecule has 27 heavy (non-hydrogen) atoms. The van der Waals surface area contributed by atoms with Gasteiger partial charge < -0.3 is 10.3 Å². The monoisotopic (exact) mass is 389 g/mol. The van der Waals surface area contributed by atoms with Gasteiger partial charge in [-0.25, -0.2) is 18.5 Å². The number of H-pyrrole nitrogens is 1. The van der Waals surface area contributed by atoms with E-state index in [0.717, 1.165) is 5.56 Å². The van der Waals surface area contributed by atoms with Crippen molar-refractivity contribution >= 4 is 32.3 Å². The van der Waals surface area contributed by atoms with Crippen molar-refractivity contribution in [2.45, 2.75) is 11.3 Å². The summed E-state index contributed by atoms with van der Waals surface area (Å²) in [6, 6.07) is 8.69. The molecule has 0 atom stereocenters. The van der Waals surface area contributed by atoms with Crippen LogP contribution in [0.15, 0.2) is 52.4 Å². The molecule has 10 nitrogen and oxygen atoms in total. The standard InChI is InChI=1S/C16H15N5O5S/c17-27(25,26)11-3-1-10(2-4-11)5-6-18-14-8-13-12(7-15(14)21(23)24)16(22)20-9-19-13/h1-4,7-9,18H,5-6H2,(H2,17,25,26)(H,19,20,22). The molecular weight excluding hydrogens is 374 g/mol. The second-order valence-corrected chi connectivity index (χ2v) is 7.30. The van der Waals surface area contributed by atoms with Crippen LogP contribution in [-0.4, -0.2) is 29.9 Å². The Labute approximate surface area is 153 Å². The summed E-state index contributed by atoms with van der Waals surface area (Å²) in [6.07, 6.45) is 1.72. The molecular formula is C16H15N5O5S. The lowest BCUT2D eigenvalue weighted by atomic mass is 10.1. The van der Waals surface area contributed by atoms with Crippen LogP contribution < -0.4 is 16.0 Å². The van der Waals surface area contributed by atoms with Gasteiger partial charge in [-0.05, 0) is 30.2 Å². The molecule has 0 aliphatic carbocycles. The summed E-state index contributed by atoms with van der Waals surface area (Å²) in [7, 11) is -3.75. The van der Waals surface area contributed by atoms with Crippen molar-refractivity contribution in [2.75, 3.05) is 11.9 Å².